The minimum atomic E-state index is 0.734. The Hall–Kier alpha value is -1.53. The molecule has 1 N–H and O–H groups in total. The van der Waals surface area contributed by atoms with E-state index in [1.807, 2.05) is 6.07 Å². The van der Waals surface area contributed by atoms with Crippen molar-refractivity contribution in [2.75, 3.05) is 24.5 Å². The SMILES string of the molecule is CCNCc1ccc(N2CCC(C)C2)c(C#N)c1. The number of nitrogens with zero attached hydrogens (tertiary/aromatic N) is 2. The van der Waals surface area contributed by atoms with Crippen LogP contribution < -0.4 is 10.2 Å². The van der Waals surface area contributed by atoms with Gasteiger partial charge in [-0.3, -0.25) is 0 Å². The first-order valence-corrected chi connectivity index (χ1v) is 6.73. The third kappa shape index (κ3) is 2.83. The van der Waals surface area contributed by atoms with Gasteiger partial charge >= 0.3 is 0 Å². The van der Waals surface area contributed by atoms with E-state index in [9.17, 15) is 5.26 Å². The summed E-state index contributed by atoms with van der Waals surface area (Å²) in [6.45, 7) is 8.29. The van der Waals surface area contributed by atoms with Crippen LogP contribution in [0.4, 0.5) is 5.69 Å². The zero-order valence-electron chi connectivity index (χ0n) is 11.2. The number of hydrogen-bond acceptors (Lipinski definition) is 3. The van der Waals surface area contributed by atoms with Gasteiger partial charge in [-0.05, 0) is 36.6 Å². The maximum Gasteiger partial charge on any atom is 0.101 e. The highest BCUT2D eigenvalue weighted by molar-refractivity contribution is 5.61. The fourth-order valence-corrected chi connectivity index (χ4v) is 2.48. The van der Waals surface area contributed by atoms with Crippen molar-refractivity contribution < 1.29 is 0 Å². The molecule has 0 aromatic heterocycles. The van der Waals surface area contributed by atoms with Gasteiger partial charge in [0.15, 0.2) is 0 Å². The summed E-state index contributed by atoms with van der Waals surface area (Å²) in [4.78, 5) is 2.33. The van der Waals surface area contributed by atoms with Crippen molar-refractivity contribution in [1.29, 1.82) is 5.26 Å². The molecule has 0 saturated carbocycles. The second-order valence-electron chi connectivity index (χ2n) is 5.08. The van der Waals surface area contributed by atoms with Crippen LogP contribution in [0.5, 0.6) is 0 Å². The van der Waals surface area contributed by atoms with E-state index >= 15 is 0 Å². The highest BCUT2D eigenvalue weighted by Crippen LogP contribution is 2.27. The maximum absolute atomic E-state index is 9.30. The standard InChI is InChI=1S/C15H21N3/c1-3-17-10-13-4-5-15(14(8-13)9-16)18-7-6-12(2)11-18/h4-5,8,12,17H,3,6-7,10-11H2,1-2H3. The van der Waals surface area contributed by atoms with Gasteiger partial charge in [-0.15, -0.1) is 0 Å². The summed E-state index contributed by atoms with van der Waals surface area (Å²) < 4.78 is 0. The van der Waals surface area contributed by atoms with E-state index in [1.165, 1.54) is 12.0 Å². The molecule has 2 rings (SSSR count). The number of benzene rings is 1. The summed E-state index contributed by atoms with van der Waals surface area (Å²) in [5.74, 6) is 0.734. The van der Waals surface area contributed by atoms with Crippen molar-refractivity contribution in [3.8, 4) is 6.07 Å². The van der Waals surface area contributed by atoms with Crippen LogP contribution in [0.2, 0.25) is 0 Å². The highest BCUT2D eigenvalue weighted by atomic mass is 15.1. The molecule has 1 saturated heterocycles. The normalized spacial score (nSPS) is 18.9. The number of anilines is 1. The molecule has 1 aromatic rings. The molecular weight excluding hydrogens is 222 g/mol. The molecule has 1 aliphatic heterocycles. The molecule has 0 amide bonds. The smallest absolute Gasteiger partial charge is 0.101 e. The number of hydrogen-bond donors (Lipinski definition) is 1. The van der Waals surface area contributed by atoms with Crippen molar-refractivity contribution in [2.45, 2.75) is 26.8 Å². The lowest BCUT2D eigenvalue weighted by Crippen LogP contribution is -2.20. The molecule has 1 aliphatic rings. The van der Waals surface area contributed by atoms with Crippen LogP contribution in [0.1, 0.15) is 31.4 Å². The Bertz CT molecular complexity index is 448. The van der Waals surface area contributed by atoms with Gasteiger partial charge in [0.05, 0.1) is 11.3 Å². The molecule has 0 bridgehead atoms. The Morgan fingerprint density at radius 1 is 1.50 bits per heavy atom. The molecule has 1 atom stereocenters. The van der Waals surface area contributed by atoms with Crippen molar-refractivity contribution in [3.63, 3.8) is 0 Å². The second-order valence-corrected chi connectivity index (χ2v) is 5.08. The summed E-state index contributed by atoms with van der Waals surface area (Å²) in [6, 6.07) is 8.58. The average molecular weight is 243 g/mol. The molecule has 0 spiro atoms. The topological polar surface area (TPSA) is 39.1 Å². The molecule has 96 valence electrons. The molecule has 3 heteroatoms. The Morgan fingerprint density at radius 3 is 2.94 bits per heavy atom. The van der Waals surface area contributed by atoms with Crippen molar-refractivity contribution in [1.82, 2.24) is 5.32 Å². The summed E-state index contributed by atoms with van der Waals surface area (Å²) in [6.07, 6.45) is 1.23. The molecule has 3 nitrogen and oxygen atoms in total. The minimum absolute atomic E-state index is 0.734. The fourth-order valence-electron chi connectivity index (χ4n) is 2.48. The van der Waals surface area contributed by atoms with Crippen LogP contribution in [-0.4, -0.2) is 19.6 Å². The largest absolute Gasteiger partial charge is 0.370 e. The molecule has 1 heterocycles. The predicted octanol–water partition coefficient (Wildman–Crippen LogP) is 2.51. The van der Waals surface area contributed by atoms with E-state index in [0.717, 1.165) is 43.3 Å². The summed E-state index contributed by atoms with van der Waals surface area (Å²) >= 11 is 0. The first-order valence-electron chi connectivity index (χ1n) is 6.73. The van der Waals surface area contributed by atoms with E-state index in [2.05, 4.69) is 42.3 Å². The first kappa shape index (κ1) is 12.9. The molecule has 1 fully saturated rings. The number of rotatable bonds is 4. The van der Waals surface area contributed by atoms with E-state index in [1.54, 1.807) is 0 Å². The molecule has 1 unspecified atom stereocenters. The van der Waals surface area contributed by atoms with Gasteiger partial charge in [0.2, 0.25) is 0 Å². The van der Waals surface area contributed by atoms with Crippen LogP contribution in [0, 0.1) is 17.2 Å². The Kier molecular flexibility index (Phi) is 4.22. The van der Waals surface area contributed by atoms with Crippen molar-refractivity contribution >= 4 is 5.69 Å². The van der Waals surface area contributed by atoms with Gasteiger partial charge in [-0.2, -0.15) is 5.26 Å². The lowest BCUT2D eigenvalue weighted by Gasteiger charge is -2.20. The van der Waals surface area contributed by atoms with Gasteiger partial charge in [0, 0.05) is 19.6 Å². The Balaban J connectivity index is 2.18. The minimum Gasteiger partial charge on any atom is -0.370 e. The third-order valence-electron chi connectivity index (χ3n) is 3.53. The maximum atomic E-state index is 9.30. The predicted molar refractivity (Wildman–Crippen MR) is 74.5 cm³/mol. The Labute approximate surface area is 109 Å². The third-order valence-corrected chi connectivity index (χ3v) is 3.53. The van der Waals surface area contributed by atoms with E-state index in [4.69, 9.17) is 0 Å². The van der Waals surface area contributed by atoms with Crippen LogP contribution >= 0.6 is 0 Å². The van der Waals surface area contributed by atoms with E-state index in [-0.39, 0.29) is 0 Å². The van der Waals surface area contributed by atoms with Crippen LogP contribution in [0.3, 0.4) is 0 Å². The molecular formula is C15H21N3. The number of nitrogens with one attached hydrogen (secondary N) is 1. The van der Waals surface area contributed by atoms with Crippen molar-refractivity contribution in [2.24, 2.45) is 5.92 Å². The summed E-state index contributed by atoms with van der Waals surface area (Å²) in [7, 11) is 0. The summed E-state index contributed by atoms with van der Waals surface area (Å²) in [5, 5.41) is 12.6. The molecule has 1 aromatic carbocycles. The van der Waals surface area contributed by atoms with Gasteiger partial charge in [-0.25, -0.2) is 0 Å². The summed E-state index contributed by atoms with van der Waals surface area (Å²) in [5.41, 5.74) is 3.09. The first-order chi connectivity index (χ1) is 8.74. The number of nitriles is 1. The Morgan fingerprint density at radius 2 is 2.33 bits per heavy atom. The second kappa shape index (κ2) is 5.88. The zero-order valence-corrected chi connectivity index (χ0v) is 11.2. The van der Waals surface area contributed by atoms with E-state index in [0.29, 0.717) is 0 Å². The van der Waals surface area contributed by atoms with Gasteiger partial charge in [-0.1, -0.05) is 19.9 Å². The van der Waals surface area contributed by atoms with Crippen molar-refractivity contribution in [3.05, 3.63) is 29.3 Å². The highest BCUT2D eigenvalue weighted by Gasteiger charge is 2.21. The van der Waals surface area contributed by atoms with Crippen LogP contribution in [0.15, 0.2) is 18.2 Å². The molecule has 0 aliphatic carbocycles. The van der Waals surface area contributed by atoms with E-state index < -0.39 is 0 Å². The van der Waals surface area contributed by atoms with Gasteiger partial charge in [0.25, 0.3) is 0 Å². The molecule has 0 radical (unpaired) electrons. The zero-order chi connectivity index (χ0) is 13.0. The fraction of sp³-hybridized carbons (Fsp3) is 0.533. The monoisotopic (exact) mass is 243 g/mol. The molecule has 18 heavy (non-hydrogen) atoms. The van der Waals surface area contributed by atoms with Crippen LogP contribution in [0.25, 0.3) is 0 Å². The lowest BCUT2D eigenvalue weighted by atomic mass is 10.1. The van der Waals surface area contributed by atoms with Crippen LogP contribution in [-0.2, 0) is 6.54 Å². The lowest BCUT2D eigenvalue weighted by molar-refractivity contribution is 0.659. The van der Waals surface area contributed by atoms with Gasteiger partial charge < -0.3 is 10.2 Å². The average Bonchev–Trinajstić information content (AvgIpc) is 2.82. The quantitative estimate of drug-likeness (QED) is 0.883. The van der Waals surface area contributed by atoms with Gasteiger partial charge in [0.1, 0.15) is 6.07 Å².